The Morgan fingerprint density at radius 2 is 2.05 bits per heavy atom. The van der Waals surface area contributed by atoms with Crippen LogP contribution in [-0.2, 0) is 10.2 Å². The number of hydrogen-bond acceptors (Lipinski definition) is 3. The minimum Gasteiger partial charge on any atom is -0.320 e. The lowest BCUT2D eigenvalue weighted by atomic mass is 10.2. The molecule has 0 radical (unpaired) electrons. The van der Waals surface area contributed by atoms with Gasteiger partial charge in [-0.2, -0.15) is 12.7 Å². The van der Waals surface area contributed by atoms with E-state index in [0.29, 0.717) is 12.2 Å². The van der Waals surface area contributed by atoms with Gasteiger partial charge >= 0.3 is 10.2 Å². The van der Waals surface area contributed by atoms with Gasteiger partial charge in [0.25, 0.3) is 0 Å². The topological polar surface area (TPSA) is 61.4 Å². The number of halogens is 1. The lowest BCUT2D eigenvalue weighted by molar-refractivity contribution is 0.462. The molecule has 0 aliphatic heterocycles. The highest BCUT2D eigenvalue weighted by Gasteiger charge is 2.17. The summed E-state index contributed by atoms with van der Waals surface area (Å²) in [6.45, 7) is 3.13. The summed E-state index contributed by atoms with van der Waals surface area (Å²) in [7, 11) is -0.0788. The Bertz CT molecular complexity index is 520. The van der Waals surface area contributed by atoms with Crippen molar-refractivity contribution < 1.29 is 8.42 Å². The monoisotopic (exact) mass is 349 g/mol. The fourth-order valence-corrected chi connectivity index (χ4v) is 2.90. The quantitative estimate of drug-likeness (QED) is 0.739. The molecule has 19 heavy (non-hydrogen) atoms. The van der Waals surface area contributed by atoms with Gasteiger partial charge in [-0.3, -0.25) is 4.72 Å². The van der Waals surface area contributed by atoms with Crippen LogP contribution < -0.4 is 10.0 Å². The van der Waals surface area contributed by atoms with Crippen molar-refractivity contribution in [2.75, 3.05) is 31.9 Å². The minimum absolute atomic E-state index is 0.475. The Kier molecular flexibility index (Phi) is 6.25. The molecule has 2 N–H and O–H groups in total. The van der Waals surface area contributed by atoms with E-state index in [4.69, 9.17) is 0 Å². The van der Waals surface area contributed by atoms with E-state index in [-0.39, 0.29) is 0 Å². The number of rotatable bonds is 7. The SMILES string of the molecule is CNCCCN(C)S(=O)(=O)Nc1cc(Br)ccc1C. The molecule has 1 aromatic carbocycles. The molecule has 0 saturated carbocycles. The van der Waals surface area contributed by atoms with Crippen LogP contribution in [0, 0.1) is 6.92 Å². The zero-order chi connectivity index (χ0) is 14.5. The van der Waals surface area contributed by atoms with Crippen LogP contribution in [-0.4, -0.2) is 39.9 Å². The Hall–Kier alpha value is -0.630. The Morgan fingerprint density at radius 1 is 1.37 bits per heavy atom. The van der Waals surface area contributed by atoms with Gasteiger partial charge in [-0.15, -0.1) is 0 Å². The van der Waals surface area contributed by atoms with Gasteiger partial charge < -0.3 is 5.32 Å². The van der Waals surface area contributed by atoms with Gasteiger partial charge in [0.15, 0.2) is 0 Å². The maximum absolute atomic E-state index is 12.1. The minimum atomic E-state index is -3.50. The third kappa shape index (κ3) is 5.10. The third-order valence-corrected chi connectivity index (χ3v) is 4.72. The molecule has 0 saturated heterocycles. The first kappa shape index (κ1) is 16.4. The second-order valence-corrected chi connectivity index (χ2v) is 7.04. The third-order valence-electron chi connectivity index (χ3n) is 2.75. The molecular weight excluding hydrogens is 330 g/mol. The first-order chi connectivity index (χ1) is 8.86. The van der Waals surface area contributed by atoms with E-state index in [2.05, 4.69) is 26.0 Å². The zero-order valence-corrected chi connectivity index (χ0v) is 13.8. The van der Waals surface area contributed by atoms with Gasteiger partial charge in [0.2, 0.25) is 0 Å². The summed E-state index contributed by atoms with van der Waals surface area (Å²) < 4.78 is 29.0. The zero-order valence-electron chi connectivity index (χ0n) is 11.4. The molecule has 0 spiro atoms. The maximum Gasteiger partial charge on any atom is 0.301 e. The largest absolute Gasteiger partial charge is 0.320 e. The fraction of sp³-hybridized carbons (Fsp3) is 0.500. The average molecular weight is 350 g/mol. The lowest BCUT2D eigenvalue weighted by Crippen LogP contribution is -2.34. The van der Waals surface area contributed by atoms with E-state index >= 15 is 0 Å². The predicted octanol–water partition coefficient (Wildman–Crippen LogP) is 1.96. The Balaban J connectivity index is 2.75. The maximum atomic E-state index is 12.1. The molecule has 5 nitrogen and oxygen atoms in total. The van der Waals surface area contributed by atoms with Crippen LogP contribution in [0.3, 0.4) is 0 Å². The number of hydrogen-bond donors (Lipinski definition) is 2. The van der Waals surface area contributed by atoms with Gasteiger partial charge in [0.1, 0.15) is 0 Å². The lowest BCUT2D eigenvalue weighted by Gasteiger charge is -2.19. The second-order valence-electron chi connectivity index (χ2n) is 4.34. The van der Waals surface area contributed by atoms with Crippen molar-refractivity contribution in [3.63, 3.8) is 0 Å². The summed E-state index contributed by atoms with van der Waals surface area (Å²) in [5, 5.41) is 2.99. The van der Waals surface area contributed by atoms with Crippen molar-refractivity contribution in [3.8, 4) is 0 Å². The second kappa shape index (κ2) is 7.23. The van der Waals surface area contributed by atoms with Crippen molar-refractivity contribution >= 4 is 31.8 Å². The van der Waals surface area contributed by atoms with Crippen molar-refractivity contribution in [2.24, 2.45) is 0 Å². The van der Waals surface area contributed by atoms with Gasteiger partial charge in [0.05, 0.1) is 5.69 Å². The molecule has 0 unspecified atom stereocenters. The normalized spacial score (nSPS) is 11.8. The van der Waals surface area contributed by atoms with E-state index in [0.717, 1.165) is 23.0 Å². The molecule has 0 heterocycles. The van der Waals surface area contributed by atoms with Gasteiger partial charge in [0, 0.05) is 18.1 Å². The summed E-state index contributed by atoms with van der Waals surface area (Å²) in [5.41, 5.74) is 1.48. The van der Waals surface area contributed by atoms with Crippen molar-refractivity contribution in [1.29, 1.82) is 0 Å². The predicted molar refractivity (Wildman–Crippen MR) is 82.6 cm³/mol. The molecule has 0 aliphatic carbocycles. The number of aryl methyl sites for hydroxylation is 1. The molecular formula is C12H20BrN3O2S. The Labute approximate surface area is 123 Å². The molecule has 7 heteroatoms. The first-order valence-electron chi connectivity index (χ1n) is 6.01. The number of anilines is 1. The van der Waals surface area contributed by atoms with E-state index in [1.54, 1.807) is 13.1 Å². The summed E-state index contributed by atoms with van der Waals surface area (Å²) in [6, 6.07) is 5.50. The van der Waals surface area contributed by atoms with Crippen LogP contribution in [0.15, 0.2) is 22.7 Å². The molecule has 0 aliphatic rings. The summed E-state index contributed by atoms with van der Waals surface area (Å²) >= 11 is 3.34. The van der Waals surface area contributed by atoms with E-state index in [1.807, 2.05) is 26.1 Å². The van der Waals surface area contributed by atoms with Crippen LogP contribution in [0.5, 0.6) is 0 Å². The number of benzene rings is 1. The molecule has 0 fully saturated rings. The average Bonchev–Trinajstić information content (AvgIpc) is 2.33. The fourth-order valence-electron chi connectivity index (χ4n) is 1.52. The van der Waals surface area contributed by atoms with Gasteiger partial charge in [-0.25, -0.2) is 0 Å². The molecule has 0 amide bonds. The van der Waals surface area contributed by atoms with Crippen molar-refractivity contribution in [1.82, 2.24) is 9.62 Å². The highest BCUT2D eigenvalue weighted by atomic mass is 79.9. The van der Waals surface area contributed by atoms with Gasteiger partial charge in [-0.05, 0) is 44.6 Å². The summed E-state index contributed by atoms with van der Waals surface area (Å²) in [5.74, 6) is 0. The van der Waals surface area contributed by atoms with E-state index in [1.165, 1.54) is 4.31 Å². The summed E-state index contributed by atoms with van der Waals surface area (Å²) in [4.78, 5) is 0. The highest BCUT2D eigenvalue weighted by molar-refractivity contribution is 9.10. The summed E-state index contributed by atoms with van der Waals surface area (Å²) in [6.07, 6.45) is 0.769. The van der Waals surface area contributed by atoms with Gasteiger partial charge in [-0.1, -0.05) is 22.0 Å². The molecule has 108 valence electrons. The van der Waals surface area contributed by atoms with Crippen LogP contribution in [0.4, 0.5) is 5.69 Å². The van der Waals surface area contributed by atoms with Crippen LogP contribution in [0.25, 0.3) is 0 Å². The van der Waals surface area contributed by atoms with E-state index < -0.39 is 10.2 Å². The highest BCUT2D eigenvalue weighted by Crippen LogP contribution is 2.22. The Morgan fingerprint density at radius 3 is 2.68 bits per heavy atom. The standard InChI is InChI=1S/C12H20BrN3O2S/c1-10-5-6-11(13)9-12(10)15-19(17,18)16(3)8-4-7-14-2/h5-6,9,14-15H,4,7-8H2,1-3H3. The molecule has 0 aromatic heterocycles. The molecule has 1 aromatic rings. The van der Waals surface area contributed by atoms with Crippen molar-refractivity contribution in [2.45, 2.75) is 13.3 Å². The van der Waals surface area contributed by atoms with Crippen LogP contribution >= 0.6 is 15.9 Å². The molecule has 0 atom stereocenters. The van der Waals surface area contributed by atoms with Crippen LogP contribution in [0.1, 0.15) is 12.0 Å². The van der Waals surface area contributed by atoms with Crippen molar-refractivity contribution in [3.05, 3.63) is 28.2 Å². The number of nitrogens with zero attached hydrogens (tertiary/aromatic N) is 1. The number of nitrogens with one attached hydrogen (secondary N) is 2. The first-order valence-corrected chi connectivity index (χ1v) is 8.25. The van der Waals surface area contributed by atoms with E-state index in [9.17, 15) is 8.42 Å². The molecule has 1 rings (SSSR count). The molecule has 0 bridgehead atoms. The smallest absolute Gasteiger partial charge is 0.301 e. The van der Waals surface area contributed by atoms with Crippen LogP contribution in [0.2, 0.25) is 0 Å².